The Morgan fingerprint density at radius 3 is 2.96 bits per heavy atom. The number of nitrogens with one attached hydrogen (secondary N) is 1. The number of ether oxygens (including phenoxy) is 1. The molecule has 1 aliphatic rings. The summed E-state index contributed by atoms with van der Waals surface area (Å²) in [7, 11) is 0. The van der Waals surface area contributed by atoms with Crippen LogP contribution in [0.5, 0.6) is 0 Å². The number of halogens is 1. The molecular weight excluding hydrogens is 407 g/mol. The molecule has 0 saturated carbocycles. The van der Waals surface area contributed by atoms with Crippen molar-refractivity contribution < 1.29 is 23.3 Å². The number of carbonyl (C=O) groups is 2. The number of hydrogen-bond acceptors (Lipinski definition) is 7. The van der Waals surface area contributed by atoms with Crippen LogP contribution in [0.3, 0.4) is 0 Å². The molecule has 8 nitrogen and oxygen atoms in total. The summed E-state index contributed by atoms with van der Waals surface area (Å²) >= 11 is 0.320. The van der Waals surface area contributed by atoms with E-state index in [4.69, 9.17) is 4.74 Å². The minimum atomic E-state index is -0.929. The van der Waals surface area contributed by atoms with Gasteiger partial charge in [-0.3, -0.25) is 9.69 Å². The van der Waals surface area contributed by atoms with Crippen LogP contribution < -0.4 is 10.2 Å². The predicted molar refractivity (Wildman–Crippen MR) is 104 cm³/mol. The summed E-state index contributed by atoms with van der Waals surface area (Å²) in [4.78, 5) is 24.4. The minimum absolute atomic E-state index is 0.203. The Morgan fingerprint density at radius 2 is 2.29 bits per heavy atom. The standard InChI is InChI=1S/C17H19FN4O4S2/c1-10(23)19-8-12-9-22(17(24)26-12)11-3-4-13(14(18)7-11)16-21-20-15(27-16)5-6-28(2)25/h3-4,7,12H,5-6,8-9H2,1-2H3,(H,19,23). The first-order chi connectivity index (χ1) is 13.3. The Hall–Kier alpha value is -2.24. The predicted octanol–water partition coefficient (Wildman–Crippen LogP) is 1.73. The lowest BCUT2D eigenvalue weighted by Crippen LogP contribution is -2.33. The average molecular weight is 426 g/mol. The number of amides is 2. The summed E-state index contributed by atoms with van der Waals surface area (Å²) < 4.78 is 31.0. The SMILES string of the molecule is CC(=O)NCC1CN(c2ccc(-c3nnc(CC[S+](C)[O-])s3)c(F)c2)C(=O)O1. The molecule has 1 aliphatic heterocycles. The third-order valence-corrected chi connectivity index (χ3v) is 5.81. The van der Waals surface area contributed by atoms with Gasteiger partial charge in [0.15, 0.2) is 5.01 Å². The highest BCUT2D eigenvalue weighted by atomic mass is 32.2. The fraction of sp³-hybridized carbons (Fsp3) is 0.412. The van der Waals surface area contributed by atoms with Crippen molar-refractivity contribution in [3.8, 4) is 10.6 Å². The largest absolute Gasteiger partial charge is 0.617 e. The zero-order chi connectivity index (χ0) is 20.3. The lowest BCUT2D eigenvalue weighted by atomic mass is 10.2. The summed E-state index contributed by atoms with van der Waals surface area (Å²) in [6, 6.07) is 4.41. The van der Waals surface area contributed by atoms with E-state index in [1.165, 1.54) is 29.2 Å². The first-order valence-electron chi connectivity index (χ1n) is 8.48. The molecule has 3 rings (SSSR count). The van der Waals surface area contributed by atoms with Gasteiger partial charge < -0.3 is 14.6 Å². The second-order valence-corrected chi connectivity index (χ2v) is 8.86. The minimum Gasteiger partial charge on any atom is -0.617 e. The second-order valence-electron chi connectivity index (χ2n) is 6.25. The maximum Gasteiger partial charge on any atom is 0.414 e. The van der Waals surface area contributed by atoms with Crippen LogP contribution in [-0.2, 0) is 27.1 Å². The number of carbonyl (C=O) groups excluding carboxylic acids is 2. The Morgan fingerprint density at radius 1 is 1.50 bits per heavy atom. The number of anilines is 1. The van der Waals surface area contributed by atoms with Crippen molar-refractivity contribution in [2.24, 2.45) is 0 Å². The molecule has 2 aromatic rings. The van der Waals surface area contributed by atoms with Gasteiger partial charge >= 0.3 is 6.09 Å². The van der Waals surface area contributed by atoms with Gasteiger partial charge in [0.05, 0.1) is 25.0 Å². The van der Waals surface area contributed by atoms with Crippen molar-refractivity contribution in [2.75, 3.05) is 30.0 Å². The quantitative estimate of drug-likeness (QED) is 0.676. The number of rotatable bonds is 7. The van der Waals surface area contributed by atoms with Gasteiger partial charge in [-0.1, -0.05) is 22.5 Å². The van der Waals surface area contributed by atoms with E-state index in [9.17, 15) is 18.5 Å². The van der Waals surface area contributed by atoms with Crippen LogP contribution in [0.15, 0.2) is 18.2 Å². The first kappa shape index (κ1) is 20.5. The van der Waals surface area contributed by atoms with Gasteiger partial charge in [0.2, 0.25) is 5.91 Å². The molecule has 2 amide bonds. The molecule has 0 bridgehead atoms. The van der Waals surface area contributed by atoms with Crippen molar-refractivity contribution in [3.63, 3.8) is 0 Å². The summed E-state index contributed by atoms with van der Waals surface area (Å²) in [6.45, 7) is 1.80. The number of hydrogen-bond donors (Lipinski definition) is 1. The van der Waals surface area contributed by atoms with Gasteiger partial charge in [-0.15, -0.1) is 10.2 Å². The summed E-state index contributed by atoms with van der Waals surface area (Å²) in [5.41, 5.74) is 0.648. The van der Waals surface area contributed by atoms with E-state index in [1.54, 1.807) is 18.4 Å². The maximum atomic E-state index is 14.6. The fourth-order valence-corrected chi connectivity index (χ4v) is 4.11. The number of benzene rings is 1. The number of aryl methyl sites for hydroxylation is 1. The van der Waals surface area contributed by atoms with Crippen LogP contribution in [0, 0.1) is 5.82 Å². The van der Waals surface area contributed by atoms with E-state index in [0.717, 1.165) is 0 Å². The highest BCUT2D eigenvalue weighted by Gasteiger charge is 2.32. The van der Waals surface area contributed by atoms with E-state index in [1.807, 2.05) is 0 Å². The maximum absolute atomic E-state index is 14.6. The molecular formula is C17H19FN4O4S2. The molecule has 2 unspecified atom stereocenters. The monoisotopic (exact) mass is 426 g/mol. The Kier molecular flexibility index (Phi) is 6.47. The van der Waals surface area contributed by atoms with Gasteiger partial charge in [0.25, 0.3) is 0 Å². The fourth-order valence-electron chi connectivity index (χ4n) is 2.64. The molecule has 1 aromatic carbocycles. The van der Waals surface area contributed by atoms with Crippen molar-refractivity contribution in [2.45, 2.75) is 19.4 Å². The first-order valence-corrected chi connectivity index (χ1v) is 11.0. The van der Waals surface area contributed by atoms with Crippen LogP contribution in [-0.4, -0.2) is 58.0 Å². The van der Waals surface area contributed by atoms with Crippen LogP contribution in [0.25, 0.3) is 10.6 Å². The van der Waals surface area contributed by atoms with Crippen LogP contribution >= 0.6 is 11.3 Å². The molecule has 150 valence electrons. The molecule has 1 saturated heterocycles. The normalized spacial score (nSPS) is 17.5. The molecule has 2 heterocycles. The topological polar surface area (TPSA) is 107 Å². The molecule has 28 heavy (non-hydrogen) atoms. The summed E-state index contributed by atoms with van der Waals surface area (Å²) in [5, 5.41) is 11.7. The molecule has 0 spiro atoms. The number of cyclic esters (lactones) is 1. The van der Waals surface area contributed by atoms with Crippen molar-refractivity contribution in [1.29, 1.82) is 0 Å². The van der Waals surface area contributed by atoms with Crippen LogP contribution in [0.4, 0.5) is 14.9 Å². The van der Waals surface area contributed by atoms with Crippen molar-refractivity contribution >= 4 is 40.2 Å². The molecule has 1 N–H and O–H groups in total. The summed E-state index contributed by atoms with van der Waals surface area (Å²) in [6.07, 6.45) is 1.06. The Balaban J connectivity index is 1.70. The van der Waals surface area contributed by atoms with E-state index < -0.39 is 29.2 Å². The highest BCUT2D eigenvalue weighted by Crippen LogP contribution is 2.30. The molecule has 11 heteroatoms. The van der Waals surface area contributed by atoms with Gasteiger partial charge in [0, 0.05) is 18.9 Å². The van der Waals surface area contributed by atoms with Gasteiger partial charge in [-0.05, 0) is 18.2 Å². The van der Waals surface area contributed by atoms with E-state index in [0.29, 0.717) is 27.9 Å². The van der Waals surface area contributed by atoms with Crippen LogP contribution in [0.1, 0.15) is 11.9 Å². The van der Waals surface area contributed by atoms with Gasteiger partial charge in [-0.2, -0.15) is 0 Å². The lowest BCUT2D eigenvalue weighted by Gasteiger charge is -2.14. The zero-order valence-corrected chi connectivity index (χ0v) is 16.9. The zero-order valence-electron chi connectivity index (χ0n) is 15.3. The second kappa shape index (κ2) is 8.84. The van der Waals surface area contributed by atoms with Crippen molar-refractivity contribution in [3.05, 3.63) is 29.0 Å². The Labute approximate surface area is 168 Å². The lowest BCUT2D eigenvalue weighted by molar-refractivity contribution is -0.119. The van der Waals surface area contributed by atoms with Crippen LogP contribution in [0.2, 0.25) is 0 Å². The molecule has 1 fully saturated rings. The average Bonchev–Trinajstić information content (AvgIpc) is 3.24. The third kappa shape index (κ3) is 4.97. The van der Waals surface area contributed by atoms with E-state index in [2.05, 4.69) is 15.5 Å². The van der Waals surface area contributed by atoms with Crippen molar-refractivity contribution in [1.82, 2.24) is 15.5 Å². The molecule has 0 aliphatic carbocycles. The van der Waals surface area contributed by atoms with Gasteiger partial charge in [0.1, 0.15) is 22.7 Å². The highest BCUT2D eigenvalue weighted by molar-refractivity contribution is 7.90. The molecule has 2 atom stereocenters. The molecule has 1 aromatic heterocycles. The number of aromatic nitrogens is 2. The third-order valence-electron chi connectivity index (χ3n) is 4.02. The molecule has 0 radical (unpaired) electrons. The number of nitrogens with zero attached hydrogens (tertiary/aromatic N) is 3. The Bertz CT molecular complexity index is 877. The smallest absolute Gasteiger partial charge is 0.414 e. The van der Waals surface area contributed by atoms with E-state index in [-0.39, 0.29) is 24.6 Å². The summed E-state index contributed by atoms with van der Waals surface area (Å²) in [5.74, 6) is -0.267. The van der Waals surface area contributed by atoms with E-state index >= 15 is 0 Å². The van der Waals surface area contributed by atoms with Gasteiger partial charge in [-0.25, -0.2) is 9.18 Å².